The summed E-state index contributed by atoms with van der Waals surface area (Å²) < 4.78 is 0. The maximum Gasteiger partial charge on any atom is 0.261 e. The van der Waals surface area contributed by atoms with E-state index in [2.05, 4.69) is 10.6 Å². The first-order chi connectivity index (χ1) is 7.27. The van der Waals surface area contributed by atoms with E-state index >= 15 is 0 Å². The number of aryl methyl sites for hydroxylation is 1. The third-order valence-electron chi connectivity index (χ3n) is 3.46. The average Bonchev–Trinajstić information content (AvgIpc) is 2.66. The maximum atomic E-state index is 11.9. The molecule has 1 aliphatic heterocycles. The predicted molar refractivity (Wildman–Crippen MR) is 67.4 cm³/mol. The molecule has 2 atom stereocenters. The number of hydrogen-bond donors (Lipinski definition) is 2. The first-order valence-corrected chi connectivity index (χ1v) is 6.21. The first-order valence-electron chi connectivity index (χ1n) is 5.33. The van der Waals surface area contributed by atoms with Crippen molar-refractivity contribution in [3.63, 3.8) is 0 Å². The highest BCUT2D eigenvalue weighted by atomic mass is 35.5. The van der Waals surface area contributed by atoms with Gasteiger partial charge in [0, 0.05) is 19.1 Å². The molecule has 2 unspecified atom stereocenters. The van der Waals surface area contributed by atoms with Gasteiger partial charge in [0.2, 0.25) is 0 Å². The second-order valence-corrected chi connectivity index (χ2v) is 5.33. The third kappa shape index (κ3) is 1.85. The van der Waals surface area contributed by atoms with Crippen LogP contribution < -0.4 is 10.6 Å². The van der Waals surface area contributed by atoms with Crippen LogP contribution in [-0.2, 0) is 0 Å². The highest BCUT2D eigenvalue weighted by molar-refractivity contribution is 7.12. The lowest BCUT2D eigenvalue weighted by Gasteiger charge is -2.06. The van der Waals surface area contributed by atoms with E-state index in [9.17, 15) is 4.79 Å². The first kappa shape index (κ1) is 11.9. The Morgan fingerprint density at radius 2 is 2.19 bits per heavy atom. The van der Waals surface area contributed by atoms with Crippen LogP contribution in [0.4, 0.5) is 0 Å². The number of nitrogens with one attached hydrogen (secondary N) is 2. The van der Waals surface area contributed by atoms with E-state index in [1.54, 1.807) is 0 Å². The van der Waals surface area contributed by atoms with Crippen LogP contribution in [0.25, 0.3) is 0 Å². The Bertz CT molecular complexity index is 396. The van der Waals surface area contributed by atoms with Crippen LogP contribution in [0.3, 0.4) is 0 Å². The number of halogens is 1. The van der Waals surface area contributed by atoms with Crippen molar-refractivity contribution in [2.24, 2.45) is 11.8 Å². The third-order valence-corrected chi connectivity index (χ3v) is 4.47. The molecule has 0 radical (unpaired) electrons. The molecule has 2 aliphatic rings. The molecule has 1 aromatic rings. The van der Waals surface area contributed by atoms with Crippen molar-refractivity contribution in [1.82, 2.24) is 10.6 Å². The van der Waals surface area contributed by atoms with Crippen LogP contribution in [0.15, 0.2) is 11.4 Å². The number of carbonyl (C=O) groups is 1. The molecule has 5 heteroatoms. The minimum atomic E-state index is 0. The Morgan fingerprint density at radius 3 is 2.75 bits per heavy atom. The van der Waals surface area contributed by atoms with Crippen molar-refractivity contribution >= 4 is 29.7 Å². The number of rotatable bonds is 2. The van der Waals surface area contributed by atoms with Crippen molar-refractivity contribution in [2.45, 2.75) is 13.0 Å². The van der Waals surface area contributed by atoms with Gasteiger partial charge in [-0.1, -0.05) is 0 Å². The van der Waals surface area contributed by atoms with Crippen LogP contribution in [0.1, 0.15) is 15.2 Å². The van der Waals surface area contributed by atoms with Crippen LogP contribution >= 0.6 is 23.7 Å². The molecule has 1 aliphatic carbocycles. The van der Waals surface area contributed by atoms with Gasteiger partial charge in [0.1, 0.15) is 0 Å². The highest BCUT2D eigenvalue weighted by Gasteiger charge is 2.53. The summed E-state index contributed by atoms with van der Waals surface area (Å²) in [6.07, 6.45) is 0. The zero-order chi connectivity index (χ0) is 10.4. The van der Waals surface area contributed by atoms with Gasteiger partial charge in [0.05, 0.1) is 4.88 Å². The summed E-state index contributed by atoms with van der Waals surface area (Å²) in [5.41, 5.74) is 1.08. The standard InChI is InChI=1S/C11H14N2OS.ClH/c1-6-2-3-15-10(6)11(14)13-9-7-4-12-5-8(7)9;/h2-3,7-9,12H,4-5H2,1H3,(H,13,14);1H. The molecule has 3 rings (SSSR count). The van der Waals surface area contributed by atoms with Gasteiger partial charge >= 0.3 is 0 Å². The van der Waals surface area contributed by atoms with Gasteiger partial charge in [-0.05, 0) is 35.8 Å². The van der Waals surface area contributed by atoms with Gasteiger partial charge in [-0.15, -0.1) is 23.7 Å². The van der Waals surface area contributed by atoms with E-state index in [0.717, 1.165) is 23.5 Å². The number of carbonyl (C=O) groups excluding carboxylic acids is 1. The predicted octanol–water partition coefficient (Wildman–Crippen LogP) is 1.43. The molecule has 88 valence electrons. The fraction of sp³-hybridized carbons (Fsp3) is 0.545. The lowest BCUT2D eigenvalue weighted by molar-refractivity contribution is 0.0950. The molecule has 2 N–H and O–H groups in total. The van der Waals surface area contributed by atoms with E-state index in [4.69, 9.17) is 0 Å². The van der Waals surface area contributed by atoms with E-state index in [0.29, 0.717) is 17.9 Å². The smallest absolute Gasteiger partial charge is 0.261 e. The molecular formula is C11H15ClN2OS. The summed E-state index contributed by atoms with van der Waals surface area (Å²) in [6, 6.07) is 2.43. The maximum absolute atomic E-state index is 11.9. The fourth-order valence-corrected chi connectivity index (χ4v) is 3.28. The van der Waals surface area contributed by atoms with Crippen LogP contribution in [0.2, 0.25) is 0 Å². The molecule has 1 saturated heterocycles. The Morgan fingerprint density at radius 1 is 1.50 bits per heavy atom. The van der Waals surface area contributed by atoms with Crippen LogP contribution in [0, 0.1) is 18.8 Å². The number of thiophene rings is 1. The van der Waals surface area contributed by atoms with Gasteiger partial charge in [0.25, 0.3) is 5.91 Å². The zero-order valence-corrected chi connectivity index (χ0v) is 10.7. The zero-order valence-electron chi connectivity index (χ0n) is 9.03. The second kappa shape index (κ2) is 4.35. The molecule has 0 aromatic carbocycles. The number of amides is 1. The van der Waals surface area contributed by atoms with Crippen molar-refractivity contribution in [3.05, 3.63) is 21.9 Å². The van der Waals surface area contributed by atoms with Gasteiger partial charge in [-0.3, -0.25) is 4.79 Å². The molecule has 0 spiro atoms. The summed E-state index contributed by atoms with van der Waals surface area (Å²) >= 11 is 1.53. The normalized spacial score (nSPS) is 30.4. The molecule has 1 aromatic heterocycles. The lowest BCUT2D eigenvalue weighted by atomic mass is 10.3. The summed E-state index contributed by atoms with van der Waals surface area (Å²) in [5.74, 6) is 1.49. The Hall–Kier alpha value is -0.580. The largest absolute Gasteiger partial charge is 0.348 e. The number of piperidine rings is 1. The van der Waals surface area contributed by atoms with Crippen LogP contribution in [-0.4, -0.2) is 25.0 Å². The monoisotopic (exact) mass is 258 g/mol. The number of fused-ring (bicyclic) bond motifs is 1. The van der Waals surface area contributed by atoms with E-state index in [1.165, 1.54) is 11.3 Å². The molecule has 2 heterocycles. The van der Waals surface area contributed by atoms with Gasteiger partial charge in [-0.2, -0.15) is 0 Å². The van der Waals surface area contributed by atoms with E-state index in [1.807, 2.05) is 18.4 Å². The van der Waals surface area contributed by atoms with Crippen molar-refractivity contribution in [2.75, 3.05) is 13.1 Å². The highest BCUT2D eigenvalue weighted by Crippen LogP contribution is 2.41. The summed E-state index contributed by atoms with van der Waals surface area (Å²) in [4.78, 5) is 12.8. The number of hydrogen-bond acceptors (Lipinski definition) is 3. The minimum absolute atomic E-state index is 0. The van der Waals surface area contributed by atoms with Crippen LogP contribution in [0.5, 0.6) is 0 Å². The van der Waals surface area contributed by atoms with Crippen molar-refractivity contribution in [1.29, 1.82) is 0 Å². The average molecular weight is 259 g/mol. The molecule has 3 nitrogen and oxygen atoms in total. The van der Waals surface area contributed by atoms with Gasteiger partial charge in [-0.25, -0.2) is 0 Å². The van der Waals surface area contributed by atoms with Crippen molar-refractivity contribution < 1.29 is 4.79 Å². The Kier molecular flexibility index (Phi) is 3.24. The summed E-state index contributed by atoms with van der Waals surface area (Å²) in [7, 11) is 0. The SMILES string of the molecule is Cc1ccsc1C(=O)NC1C2CNCC21.Cl. The lowest BCUT2D eigenvalue weighted by Crippen LogP contribution is -2.32. The van der Waals surface area contributed by atoms with Gasteiger partial charge in [0.15, 0.2) is 0 Å². The Labute approximate surface area is 105 Å². The summed E-state index contributed by atoms with van der Waals surface area (Å²) in [6.45, 7) is 4.12. The van der Waals surface area contributed by atoms with E-state index < -0.39 is 0 Å². The summed E-state index contributed by atoms with van der Waals surface area (Å²) in [5, 5.41) is 8.42. The molecule has 16 heavy (non-hydrogen) atoms. The molecule has 1 amide bonds. The minimum Gasteiger partial charge on any atom is -0.348 e. The second-order valence-electron chi connectivity index (χ2n) is 4.42. The van der Waals surface area contributed by atoms with Crippen molar-refractivity contribution in [3.8, 4) is 0 Å². The quantitative estimate of drug-likeness (QED) is 0.843. The van der Waals surface area contributed by atoms with E-state index in [-0.39, 0.29) is 18.3 Å². The fourth-order valence-electron chi connectivity index (χ4n) is 2.45. The molecular weight excluding hydrogens is 244 g/mol. The molecule has 0 bridgehead atoms. The van der Waals surface area contributed by atoms with Gasteiger partial charge < -0.3 is 10.6 Å². The molecule has 1 saturated carbocycles. The topological polar surface area (TPSA) is 41.1 Å². The molecule has 2 fully saturated rings. The Balaban J connectivity index is 0.000000963.